The molecule has 66 heavy (non-hydrogen) atoms. The van der Waals surface area contributed by atoms with Crippen LogP contribution in [-0.2, 0) is 22.5 Å². The van der Waals surface area contributed by atoms with E-state index in [1.165, 1.54) is 18.2 Å². The predicted octanol–water partition coefficient (Wildman–Crippen LogP) is 4.26. The molecule has 2 aromatic carbocycles. The van der Waals surface area contributed by atoms with Crippen molar-refractivity contribution in [1.82, 2.24) is 45.1 Å². The third-order valence-electron chi connectivity index (χ3n) is 11.8. The number of hydrogen-bond acceptors (Lipinski definition) is 11. The van der Waals surface area contributed by atoms with E-state index in [0.29, 0.717) is 91.3 Å². The summed E-state index contributed by atoms with van der Waals surface area (Å²) in [5.74, 6) is -1.12. The van der Waals surface area contributed by atoms with Gasteiger partial charge in [0, 0.05) is 94.7 Å². The maximum Gasteiger partial charge on any atom is 0.412 e. The molecular weight excluding hydrogens is 848 g/mol. The third kappa shape index (κ3) is 11.7. The number of piperazine rings is 1. The van der Waals surface area contributed by atoms with Gasteiger partial charge in [0.2, 0.25) is 5.91 Å². The number of halogens is 1. The Labute approximate surface area is 381 Å². The molecule has 0 unspecified atom stereocenters. The number of aromatic amines is 1. The molecule has 17 nitrogen and oxygen atoms in total. The average Bonchev–Trinajstić information content (AvgIpc) is 3.31. The van der Waals surface area contributed by atoms with Crippen molar-refractivity contribution >= 4 is 40.3 Å². The first kappa shape index (κ1) is 47.2. The van der Waals surface area contributed by atoms with Crippen LogP contribution in [0, 0.1) is 11.7 Å². The number of nitrogens with one attached hydrogen (secondary N) is 4. The van der Waals surface area contributed by atoms with Crippen LogP contribution in [0.2, 0.25) is 0 Å². The van der Waals surface area contributed by atoms with E-state index in [-0.39, 0.29) is 59.5 Å². The summed E-state index contributed by atoms with van der Waals surface area (Å²) in [6.07, 6.45) is 4.41. The standard InChI is InChI=1S/C48H57FN10O7/c1-5-56-30-33(11-13-41(56)60)34-26-40(53-47(65)66-48(2,3)4)43(52-28-34)46(64)58-18-14-31(15-19-58)27-50-16-17-51-29-42(61)57-20-22-59(23-21-57)45(63)37-24-32(10-12-38(37)49)25-39-35-8-6-7-9-36(35)44(62)55-54-39/h6-13,24,26,28,30-31,50-51H,5,14-23,25,27,29H2,1-4H3,(H,53,65)(H,55,62). The number of likely N-dealkylation sites (tertiary alicyclic amines) is 1. The summed E-state index contributed by atoms with van der Waals surface area (Å²) >= 11 is 0. The van der Waals surface area contributed by atoms with Gasteiger partial charge in [-0.1, -0.05) is 24.3 Å². The number of pyridine rings is 2. The molecule has 348 valence electrons. The van der Waals surface area contributed by atoms with Gasteiger partial charge in [0.1, 0.15) is 11.4 Å². The molecule has 2 fully saturated rings. The lowest BCUT2D eigenvalue weighted by molar-refractivity contribution is -0.131. The van der Waals surface area contributed by atoms with Crippen LogP contribution >= 0.6 is 0 Å². The number of ether oxygens (including phenoxy) is 1. The van der Waals surface area contributed by atoms with Crippen molar-refractivity contribution in [2.24, 2.45) is 5.92 Å². The first-order valence-electron chi connectivity index (χ1n) is 22.4. The number of fused-ring (bicyclic) bond motifs is 1. The number of carbonyl (C=O) groups is 4. The number of nitrogens with zero attached hydrogens (tertiary/aromatic N) is 6. The molecule has 4 amide bonds. The van der Waals surface area contributed by atoms with Gasteiger partial charge in [0.15, 0.2) is 5.69 Å². The summed E-state index contributed by atoms with van der Waals surface area (Å²) in [4.78, 5) is 87.1. The summed E-state index contributed by atoms with van der Waals surface area (Å²) in [7, 11) is 0. The van der Waals surface area contributed by atoms with Crippen molar-refractivity contribution in [1.29, 1.82) is 0 Å². The largest absolute Gasteiger partial charge is 0.444 e. The highest BCUT2D eigenvalue weighted by atomic mass is 19.1. The van der Waals surface area contributed by atoms with Crippen LogP contribution in [0.5, 0.6) is 0 Å². The smallest absolute Gasteiger partial charge is 0.412 e. The monoisotopic (exact) mass is 904 g/mol. The second kappa shape index (κ2) is 21.0. The van der Waals surface area contributed by atoms with E-state index in [1.54, 1.807) is 82.8 Å². The van der Waals surface area contributed by atoms with Gasteiger partial charge >= 0.3 is 6.09 Å². The van der Waals surface area contributed by atoms with E-state index in [4.69, 9.17) is 4.74 Å². The van der Waals surface area contributed by atoms with Crippen molar-refractivity contribution in [3.05, 3.63) is 122 Å². The molecule has 0 bridgehead atoms. The second-order valence-electron chi connectivity index (χ2n) is 17.6. The maximum atomic E-state index is 15.0. The zero-order valence-electron chi connectivity index (χ0n) is 37.8. The first-order valence-corrected chi connectivity index (χ1v) is 22.4. The molecule has 0 saturated carbocycles. The molecule has 0 spiro atoms. The highest BCUT2D eigenvalue weighted by molar-refractivity contribution is 6.02. The van der Waals surface area contributed by atoms with E-state index in [9.17, 15) is 33.2 Å². The van der Waals surface area contributed by atoms with Gasteiger partial charge in [-0.15, -0.1) is 0 Å². The number of piperidine rings is 1. The predicted molar refractivity (Wildman–Crippen MR) is 248 cm³/mol. The van der Waals surface area contributed by atoms with Gasteiger partial charge in [-0.3, -0.25) is 29.3 Å². The Morgan fingerprint density at radius 1 is 0.833 bits per heavy atom. The highest BCUT2D eigenvalue weighted by Crippen LogP contribution is 2.27. The van der Waals surface area contributed by atoms with Gasteiger partial charge in [-0.2, -0.15) is 5.10 Å². The van der Waals surface area contributed by atoms with Gasteiger partial charge in [0.05, 0.1) is 28.9 Å². The van der Waals surface area contributed by atoms with Crippen LogP contribution in [0.25, 0.3) is 21.9 Å². The minimum absolute atomic E-state index is 0.0489. The zero-order chi connectivity index (χ0) is 47.0. The topological polar surface area (TPSA) is 204 Å². The Balaban J connectivity index is 0.825. The van der Waals surface area contributed by atoms with Gasteiger partial charge < -0.3 is 34.6 Å². The Bertz CT molecular complexity index is 2700. The number of amides is 4. The molecule has 3 aromatic heterocycles. The molecular formula is C48H57FN10O7. The molecule has 0 radical (unpaired) electrons. The van der Waals surface area contributed by atoms with Crippen LogP contribution in [0.1, 0.15) is 72.6 Å². The fourth-order valence-corrected chi connectivity index (χ4v) is 8.21. The lowest BCUT2D eigenvalue weighted by atomic mass is 9.96. The first-order chi connectivity index (χ1) is 31.7. The molecule has 2 aliphatic heterocycles. The summed E-state index contributed by atoms with van der Waals surface area (Å²) < 4.78 is 22.0. The highest BCUT2D eigenvalue weighted by Gasteiger charge is 2.29. The molecule has 5 heterocycles. The number of hydrogen-bond donors (Lipinski definition) is 4. The van der Waals surface area contributed by atoms with Crippen LogP contribution in [0.4, 0.5) is 14.9 Å². The summed E-state index contributed by atoms with van der Waals surface area (Å²) in [6, 6.07) is 16.4. The lowest BCUT2D eigenvalue weighted by Gasteiger charge is -2.35. The molecule has 4 N–H and O–H groups in total. The van der Waals surface area contributed by atoms with Gasteiger partial charge in [-0.05, 0) is 94.5 Å². The molecule has 2 saturated heterocycles. The van der Waals surface area contributed by atoms with Crippen molar-refractivity contribution < 1.29 is 28.3 Å². The number of H-pyrrole nitrogens is 1. The SMILES string of the molecule is CCn1cc(-c2cnc(C(=O)N3CCC(CNCCNCC(=O)N4CCN(C(=O)c5cc(Cc6n[nH]c(=O)c7ccccc67)ccc5F)CC4)CC3)c(NC(=O)OC(C)(C)C)c2)ccc1=O. The van der Waals surface area contributed by atoms with Crippen LogP contribution < -0.4 is 27.1 Å². The van der Waals surface area contributed by atoms with Gasteiger partial charge in [-0.25, -0.2) is 19.3 Å². The number of aromatic nitrogens is 4. The van der Waals surface area contributed by atoms with Crippen molar-refractivity contribution in [2.75, 3.05) is 70.8 Å². The average molecular weight is 905 g/mol. The maximum absolute atomic E-state index is 15.0. The summed E-state index contributed by atoms with van der Waals surface area (Å²) in [5, 5.41) is 17.3. The molecule has 0 aliphatic carbocycles. The lowest BCUT2D eigenvalue weighted by Crippen LogP contribution is -2.52. The second-order valence-corrected chi connectivity index (χ2v) is 17.6. The molecule has 2 aliphatic rings. The van der Waals surface area contributed by atoms with Crippen LogP contribution in [0.15, 0.2) is 82.6 Å². The number of benzene rings is 2. The normalized spacial score (nSPS) is 14.7. The van der Waals surface area contributed by atoms with E-state index >= 15 is 0 Å². The minimum atomic E-state index is -0.757. The Morgan fingerprint density at radius 3 is 2.26 bits per heavy atom. The minimum Gasteiger partial charge on any atom is -0.444 e. The number of anilines is 1. The fraction of sp³-hybridized carbons (Fsp3) is 0.417. The van der Waals surface area contributed by atoms with Crippen molar-refractivity contribution in [2.45, 2.75) is 59.1 Å². The van der Waals surface area contributed by atoms with E-state index in [1.807, 2.05) is 19.1 Å². The quantitative estimate of drug-likeness (QED) is 0.116. The van der Waals surface area contributed by atoms with Crippen molar-refractivity contribution in [3.8, 4) is 11.1 Å². The number of aryl methyl sites for hydroxylation is 1. The number of carbonyl (C=O) groups excluding carboxylic acids is 4. The fourth-order valence-electron chi connectivity index (χ4n) is 8.21. The molecule has 7 rings (SSSR count). The zero-order valence-corrected chi connectivity index (χ0v) is 37.8. The summed E-state index contributed by atoms with van der Waals surface area (Å²) in [5.41, 5.74) is 1.71. The Kier molecular flexibility index (Phi) is 15.0. The van der Waals surface area contributed by atoms with Gasteiger partial charge in [0.25, 0.3) is 22.9 Å². The molecule has 18 heteroatoms. The van der Waals surface area contributed by atoms with E-state index < -0.39 is 23.4 Å². The van der Waals surface area contributed by atoms with Crippen LogP contribution in [0.3, 0.4) is 0 Å². The number of rotatable bonds is 14. The Hall–Kier alpha value is -6.79. The van der Waals surface area contributed by atoms with Crippen molar-refractivity contribution in [3.63, 3.8) is 0 Å². The van der Waals surface area contributed by atoms with E-state index in [0.717, 1.165) is 19.4 Å². The van der Waals surface area contributed by atoms with E-state index in [2.05, 4.69) is 31.1 Å². The molecule has 5 aromatic rings. The Morgan fingerprint density at radius 2 is 1.53 bits per heavy atom. The molecule has 0 atom stereocenters. The third-order valence-corrected chi connectivity index (χ3v) is 11.8. The van der Waals surface area contributed by atoms with Crippen LogP contribution in [-0.4, -0.2) is 129 Å². The summed E-state index contributed by atoms with van der Waals surface area (Å²) in [6.45, 7) is 12.0.